The fourth-order valence-corrected chi connectivity index (χ4v) is 4.35. The zero-order valence-corrected chi connectivity index (χ0v) is 17.5. The summed E-state index contributed by atoms with van der Waals surface area (Å²) in [4.78, 5) is 65.7. The van der Waals surface area contributed by atoms with E-state index in [0.717, 1.165) is 14.2 Å². The molecule has 2 aromatic rings. The normalized spacial score (nSPS) is 15.5. The SMILES string of the molecule is CCOC(=O)c1ccc2c(c1)C(C(=O)OC)(C(=O)OC)C1=C2C(=O)c2ccccc2C1=O. The van der Waals surface area contributed by atoms with Gasteiger partial charge in [-0.1, -0.05) is 30.3 Å². The molecular weight excluding hydrogens is 416 g/mol. The summed E-state index contributed by atoms with van der Waals surface area (Å²) in [5, 5.41) is 0. The van der Waals surface area contributed by atoms with Gasteiger partial charge in [-0.3, -0.25) is 19.2 Å². The van der Waals surface area contributed by atoms with Crippen molar-refractivity contribution in [1.82, 2.24) is 0 Å². The van der Waals surface area contributed by atoms with Crippen LogP contribution in [-0.4, -0.2) is 50.3 Å². The number of Topliss-reactive ketones (excluding diaryl/α,β-unsaturated/α-hetero) is 2. The Labute approximate surface area is 182 Å². The minimum Gasteiger partial charge on any atom is -0.468 e. The maximum Gasteiger partial charge on any atom is 0.338 e. The fraction of sp³-hybridized carbons (Fsp3) is 0.208. The first-order valence-corrected chi connectivity index (χ1v) is 9.76. The van der Waals surface area contributed by atoms with Crippen LogP contribution in [0, 0.1) is 0 Å². The molecule has 0 saturated heterocycles. The van der Waals surface area contributed by atoms with Crippen molar-refractivity contribution in [3.63, 3.8) is 0 Å². The van der Waals surface area contributed by atoms with Gasteiger partial charge in [-0.15, -0.1) is 0 Å². The molecule has 2 aromatic carbocycles. The molecule has 162 valence electrons. The first-order chi connectivity index (χ1) is 15.3. The molecule has 8 heteroatoms. The number of allylic oxidation sites excluding steroid dienone is 1. The van der Waals surface area contributed by atoms with Crippen LogP contribution < -0.4 is 0 Å². The van der Waals surface area contributed by atoms with Crippen LogP contribution in [0.4, 0.5) is 0 Å². The van der Waals surface area contributed by atoms with E-state index < -0.39 is 34.9 Å². The monoisotopic (exact) mass is 434 g/mol. The van der Waals surface area contributed by atoms with Crippen LogP contribution >= 0.6 is 0 Å². The van der Waals surface area contributed by atoms with Crippen LogP contribution in [-0.2, 0) is 29.2 Å². The molecular formula is C24H18O8. The largest absolute Gasteiger partial charge is 0.468 e. The minimum absolute atomic E-state index is 0.0405. The van der Waals surface area contributed by atoms with Gasteiger partial charge in [0.25, 0.3) is 0 Å². The number of hydrogen-bond donors (Lipinski definition) is 0. The summed E-state index contributed by atoms with van der Waals surface area (Å²) in [6.07, 6.45) is 0. The highest BCUT2D eigenvalue weighted by Gasteiger charge is 2.63. The highest BCUT2D eigenvalue weighted by atomic mass is 16.5. The van der Waals surface area contributed by atoms with Crippen LogP contribution in [0.15, 0.2) is 48.0 Å². The first-order valence-electron chi connectivity index (χ1n) is 9.76. The smallest absolute Gasteiger partial charge is 0.338 e. The summed E-state index contributed by atoms with van der Waals surface area (Å²) in [6.45, 7) is 1.74. The average molecular weight is 434 g/mol. The topological polar surface area (TPSA) is 113 Å². The second-order valence-electron chi connectivity index (χ2n) is 7.17. The number of ether oxygens (including phenoxy) is 3. The molecule has 0 unspecified atom stereocenters. The standard InChI is InChI=1S/C24H18O8/c1-4-32-21(27)12-9-10-15-16(11-12)24(22(28)30-2,23(29)31-3)18-17(15)19(25)13-7-5-6-8-14(13)20(18)26/h5-11H,4H2,1-3H3. The summed E-state index contributed by atoms with van der Waals surface area (Å²) < 4.78 is 14.9. The number of carbonyl (C=O) groups excluding carboxylic acids is 5. The molecule has 0 aromatic heterocycles. The number of ketones is 2. The zero-order chi connectivity index (χ0) is 23.2. The van der Waals surface area contributed by atoms with E-state index in [1.807, 2.05) is 0 Å². The van der Waals surface area contributed by atoms with Crippen LogP contribution in [0.2, 0.25) is 0 Å². The van der Waals surface area contributed by atoms with Crippen molar-refractivity contribution in [2.75, 3.05) is 20.8 Å². The summed E-state index contributed by atoms with van der Waals surface area (Å²) in [5.41, 5.74) is -2.39. The van der Waals surface area contributed by atoms with Crippen molar-refractivity contribution in [2.45, 2.75) is 12.3 Å². The maximum atomic E-state index is 13.6. The predicted octanol–water partition coefficient (Wildman–Crippen LogP) is 2.29. The van der Waals surface area contributed by atoms with Gasteiger partial charge in [0, 0.05) is 22.3 Å². The molecule has 0 spiro atoms. The summed E-state index contributed by atoms with van der Waals surface area (Å²) in [5.74, 6) is -4.08. The molecule has 2 aliphatic carbocycles. The lowest BCUT2D eigenvalue weighted by molar-refractivity contribution is -0.159. The lowest BCUT2D eigenvalue weighted by Crippen LogP contribution is -2.48. The molecule has 0 N–H and O–H groups in total. The summed E-state index contributed by atoms with van der Waals surface area (Å²) in [7, 11) is 2.12. The second-order valence-corrected chi connectivity index (χ2v) is 7.17. The molecule has 0 fully saturated rings. The van der Waals surface area contributed by atoms with Gasteiger partial charge in [-0.2, -0.15) is 0 Å². The highest BCUT2D eigenvalue weighted by molar-refractivity contribution is 6.46. The zero-order valence-electron chi connectivity index (χ0n) is 17.5. The number of esters is 3. The van der Waals surface area contributed by atoms with Crippen LogP contribution in [0.3, 0.4) is 0 Å². The van der Waals surface area contributed by atoms with Crippen molar-refractivity contribution >= 4 is 35.0 Å². The third kappa shape index (κ3) is 2.59. The Balaban J connectivity index is 2.10. The van der Waals surface area contributed by atoms with Gasteiger partial charge >= 0.3 is 17.9 Å². The summed E-state index contributed by atoms with van der Waals surface area (Å²) in [6, 6.07) is 10.2. The van der Waals surface area contributed by atoms with E-state index in [1.54, 1.807) is 19.1 Å². The third-order valence-corrected chi connectivity index (χ3v) is 5.68. The number of methoxy groups -OCH3 is 2. The third-order valence-electron chi connectivity index (χ3n) is 5.68. The van der Waals surface area contributed by atoms with Gasteiger partial charge in [-0.25, -0.2) is 4.79 Å². The molecule has 0 atom stereocenters. The number of carbonyl (C=O) groups is 5. The van der Waals surface area contributed by atoms with E-state index in [1.165, 1.54) is 30.3 Å². The Morgan fingerprint density at radius 2 is 1.44 bits per heavy atom. The molecule has 2 aliphatic rings. The number of rotatable bonds is 4. The van der Waals surface area contributed by atoms with Crippen LogP contribution in [0.25, 0.3) is 5.57 Å². The van der Waals surface area contributed by atoms with Gasteiger partial charge < -0.3 is 14.2 Å². The molecule has 0 saturated carbocycles. The Morgan fingerprint density at radius 1 is 0.844 bits per heavy atom. The van der Waals surface area contributed by atoms with Crippen molar-refractivity contribution in [1.29, 1.82) is 0 Å². The van der Waals surface area contributed by atoms with Gasteiger partial charge in [0.2, 0.25) is 5.41 Å². The molecule has 0 amide bonds. The van der Waals surface area contributed by atoms with E-state index in [2.05, 4.69) is 0 Å². The second kappa shape index (κ2) is 7.56. The molecule has 32 heavy (non-hydrogen) atoms. The average Bonchev–Trinajstić information content (AvgIpc) is 3.13. The van der Waals surface area contributed by atoms with Crippen molar-refractivity contribution in [3.8, 4) is 0 Å². The summed E-state index contributed by atoms with van der Waals surface area (Å²) >= 11 is 0. The van der Waals surface area contributed by atoms with Gasteiger partial charge in [-0.05, 0) is 30.2 Å². The Hall–Kier alpha value is -4.07. The molecule has 0 bridgehead atoms. The Kier molecular flexibility index (Phi) is 5.00. The fourth-order valence-electron chi connectivity index (χ4n) is 4.35. The Bertz CT molecular complexity index is 1230. The first kappa shape index (κ1) is 21.2. The van der Waals surface area contributed by atoms with Crippen molar-refractivity contribution in [3.05, 3.63) is 75.9 Å². The molecule has 0 heterocycles. The van der Waals surface area contributed by atoms with E-state index in [0.29, 0.717) is 0 Å². The van der Waals surface area contributed by atoms with Gasteiger partial charge in [0.15, 0.2) is 11.6 Å². The molecule has 4 rings (SSSR count). The molecule has 0 aliphatic heterocycles. The lowest BCUT2D eigenvalue weighted by atomic mass is 9.72. The number of hydrogen-bond acceptors (Lipinski definition) is 8. The quantitative estimate of drug-likeness (QED) is 0.409. The minimum atomic E-state index is -2.36. The van der Waals surface area contributed by atoms with Gasteiger partial charge in [0.1, 0.15) is 0 Å². The van der Waals surface area contributed by atoms with E-state index >= 15 is 0 Å². The van der Waals surface area contributed by atoms with Crippen LogP contribution in [0.5, 0.6) is 0 Å². The predicted molar refractivity (Wildman–Crippen MR) is 110 cm³/mol. The molecule has 0 radical (unpaired) electrons. The maximum absolute atomic E-state index is 13.6. The number of fused-ring (bicyclic) bond motifs is 3. The highest BCUT2D eigenvalue weighted by Crippen LogP contribution is 2.52. The van der Waals surface area contributed by atoms with E-state index in [9.17, 15) is 24.0 Å². The number of benzene rings is 2. The van der Waals surface area contributed by atoms with Crippen molar-refractivity contribution in [2.24, 2.45) is 0 Å². The van der Waals surface area contributed by atoms with E-state index in [4.69, 9.17) is 14.2 Å². The van der Waals surface area contributed by atoms with Crippen molar-refractivity contribution < 1.29 is 38.2 Å². The lowest BCUT2D eigenvalue weighted by Gasteiger charge is -2.29. The van der Waals surface area contributed by atoms with Crippen LogP contribution in [0.1, 0.15) is 49.1 Å². The van der Waals surface area contributed by atoms with Gasteiger partial charge in [0.05, 0.1) is 26.4 Å². The Morgan fingerprint density at radius 3 is 2.00 bits per heavy atom. The van der Waals surface area contributed by atoms with E-state index in [-0.39, 0.29) is 45.6 Å². The molecule has 8 nitrogen and oxygen atoms in total.